The fourth-order valence-electron chi connectivity index (χ4n) is 4.68. The molecule has 18 nitrogen and oxygen atoms in total. The van der Waals surface area contributed by atoms with Crippen molar-refractivity contribution < 1.29 is 61.8 Å². The molecule has 1 saturated carbocycles. The number of nitrogens with one attached hydrogen (secondary N) is 1. The van der Waals surface area contributed by atoms with Gasteiger partial charge in [0.15, 0.2) is 11.5 Å². The van der Waals surface area contributed by atoms with E-state index < -0.39 is 76.5 Å². The van der Waals surface area contributed by atoms with Crippen molar-refractivity contribution in [3.63, 3.8) is 0 Å². The molecule has 0 radical (unpaired) electrons. The van der Waals surface area contributed by atoms with Gasteiger partial charge in [-0.2, -0.15) is 5.10 Å². The minimum Gasteiger partial charge on any atom is -0.432 e. The lowest BCUT2D eigenvalue weighted by molar-refractivity contribution is -0.0509. The number of carbonyl (C=O) groups is 2. The molecule has 2 aromatic rings. The summed E-state index contributed by atoms with van der Waals surface area (Å²) in [6.07, 6.45) is -1.51. The van der Waals surface area contributed by atoms with Crippen LogP contribution in [-0.2, 0) is 42.0 Å². The predicted molar refractivity (Wildman–Crippen MR) is 152 cm³/mol. The van der Waals surface area contributed by atoms with Crippen molar-refractivity contribution in [1.29, 1.82) is 0 Å². The molecule has 252 valence electrons. The molecule has 1 saturated heterocycles. The van der Waals surface area contributed by atoms with E-state index in [0.29, 0.717) is 17.2 Å². The summed E-state index contributed by atoms with van der Waals surface area (Å²) in [6, 6.07) is 0.283. The first-order chi connectivity index (χ1) is 21.5. The summed E-state index contributed by atoms with van der Waals surface area (Å²) in [4.78, 5) is 32.0. The zero-order valence-corrected chi connectivity index (χ0v) is 26.4. The largest absolute Gasteiger partial charge is 0.510 e. The lowest BCUT2D eigenvalue weighted by atomic mass is 10.1. The monoisotopic (exact) mass is 661 g/mol. The van der Waals surface area contributed by atoms with Gasteiger partial charge in [-0.3, -0.25) is 13.6 Å². The number of fused-ring (bicyclic) bond motifs is 1. The molecule has 0 spiro atoms. The van der Waals surface area contributed by atoms with Crippen molar-refractivity contribution in [2.75, 3.05) is 31.9 Å². The van der Waals surface area contributed by atoms with Gasteiger partial charge in [-0.15, -0.1) is 0 Å². The number of aliphatic hydroxyl groups excluding tert-OH is 2. The Morgan fingerprint density at radius 3 is 2.24 bits per heavy atom. The van der Waals surface area contributed by atoms with Crippen molar-refractivity contribution in [2.45, 2.75) is 96.0 Å². The standard InChI is InChI=1S/C26H40N5O13P/c1-15(2)42-25(34)38-12-40-45(36,41-13-39-26(35)43-16(3)4)14-37-10-19-20(32)21(33)22(44-19)18-9-27-24-23(28-11-29-31(18)24)30-17-7-5-6-8-17/h9,11,15-17,19-22,32-33H,5-8,10,12-14H2,1-4H3,(H,28,29,30)/t19-,20-,21-,22+/m1/s1. The summed E-state index contributed by atoms with van der Waals surface area (Å²) >= 11 is 0. The smallest absolute Gasteiger partial charge is 0.432 e. The second kappa shape index (κ2) is 15.9. The molecule has 19 heteroatoms. The van der Waals surface area contributed by atoms with Crippen molar-refractivity contribution in [2.24, 2.45) is 0 Å². The summed E-state index contributed by atoms with van der Waals surface area (Å²) in [6.45, 7) is 4.39. The maximum atomic E-state index is 13.3. The lowest BCUT2D eigenvalue weighted by Gasteiger charge is -2.20. The first-order valence-corrected chi connectivity index (χ1v) is 16.3. The minimum absolute atomic E-state index is 0.283. The van der Waals surface area contributed by atoms with Crippen LogP contribution >= 0.6 is 7.60 Å². The van der Waals surface area contributed by atoms with E-state index in [-0.39, 0.29) is 12.6 Å². The van der Waals surface area contributed by atoms with Gasteiger partial charge in [0.05, 0.1) is 30.7 Å². The molecule has 2 aliphatic rings. The van der Waals surface area contributed by atoms with Gasteiger partial charge in [0.25, 0.3) is 0 Å². The fourth-order valence-corrected chi connectivity index (χ4v) is 5.66. The summed E-state index contributed by atoms with van der Waals surface area (Å²) in [5, 5.41) is 29.2. The Morgan fingerprint density at radius 1 is 1.02 bits per heavy atom. The highest BCUT2D eigenvalue weighted by Gasteiger charge is 2.45. The molecule has 3 heterocycles. The van der Waals surface area contributed by atoms with E-state index in [1.54, 1.807) is 27.7 Å². The Hall–Kier alpha value is -3.12. The molecule has 0 unspecified atom stereocenters. The zero-order valence-electron chi connectivity index (χ0n) is 25.5. The Kier molecular flexibility index (Phi) is 12.3. The zero-order chi connectivity index (χ0) is 32.6. The minimum atomic E-state index is -4.23. The Labute approximate surface area is 259 Å². The number of imidazole rings is 1. The topological polar surface area (TPSA) is 221 Å². The molecule has 3 N–H and O–H groups in total. The van der Waals surface area contributed by atoms with Gasteiger partial charge in [0.1, 0.15) is 37.1 Å². The SMILES string of the molecule is CC(C)OC(=O)OCOP(=O)(COC[C@H]1O[C@@H](c2cnc3c(NC4CCCC4)ncnn23)[C@H](O)[C@@H]1O)OCOC(=O)OC(C)C. The van der Waals surface area contributed by atoms with Crippen LogP contribution < -0.4 is 5.32 Å². The van der Waals surface area contributed by atoms with Crippen molar-refractivity contribution in [1.82, 2.24) is 19.6 Å². The van der Waals surface area contributed by atoms with Gasteiger partial charge in [-0.25, -0.2) is 24.1 Å². The second-order valence-electron chi connectivity index (χ2n) is 11.0. The number of anilines is 1. The van der Waals surface area contributed by atoms with E-state index >= 15 is 0 Å². The average Bonchev–Trinajstić information content (AvgIpc) is 3.69. The second-order valence-corrected chi connectivity index (χ2v) is 13.0. The van der Waals surface area contributed by atoms with E-state index in [2.05, 4.69) is 20.4 Å². The number of nitrogens with zero attached hydrogens (tertiary/aromatic N) is 4. The number of ether oxygens (including phenoxy) is 6. The number of hydrogen-bond acceptors (Lipinski definition) is 17. The van der Waals surface area contributed by atoms with Gasteiger partial charge < -0.3 is 44.0 Å². The highest BCUT2D eigenvalue weighted by Crippen LogP contribution is 2.48. The molecule has 45 heavy (non-hydrogen) atoms. The van der Waals surface area contributed by atoms with Crippen LogP contribution in [0.2, 0.25) is 0 Å². The molecular formula is C26H40N5O13P. The van der Waals surface area contributed by atoms with E-state index in [1.807, 2.05) is 0 Å². The molecule has 0 aromatic carbocycles. The molecule has 4 atom stereocenters. The van der Waals surface area contributed by atoms with E-state index in [9.17, 15) is 24.4 Å². The molecule has 1 aliphatic carbocycles. The normalized spacial score (nSPS) is 22.3. The third-order valence-corrected chi connectivity index (χ3v) is 8.22. The average molecular weight is 662 g/mol. The summed E-state index contributed by atoms with van der Waals surface area (Å²) in [5.74, 6) is 0.551. The quantitative estimate of drug-likeness (QED) is 0.142. The molecule has 4 rings (SSSR count). The summed E-state index contributed by atoms with van der Waals surface area (Å²) in [5.41, 5.74) is 0.822. The van der Waals surface area contributed by atoms with E-state index in [1.165, 1.54) is 17.0 Å². The number of hydrogen-bond donors (Lipinski definition) is 3. The maximum Gasteiger partial charge on any atom is 0.510 e. The predicted octanol–water partition coefficient (Wildman–Crippen LogP) is 2.88. The van der Waals surface area contributed by atoms with Gasteiger partial charge >= 0.3 is 19.9 Å². The third kappa shape index (κ3) is 9.68. The summed E-state index contributed by atoms with van der Waals surface area (Å²) < 4.78 is 55.5. The number of aliphatic hydroxyl groups is 2. The molecular weight excluding hydrogens is 621 g/mol. The van der Waals surface area contributed by atoms with E-state index in [0.717, 1.165) is 25.7 Å². The van der Waals surface area contributed by atoms with Crippen molar-refractivity contribution in [3.05, 3.63) is 18.2 Å². The Balaban J connectivity index is 1.35. The van der Waals surface area contributed by atoms with Crippen LogP contribution in [0.1, 0.15) is 65.2 Å². The van der Waals surface area contributed by atoms with Crippen LogP contribution in [-0.4, -0.2) is 105 Å². The number of rotatable bonds is 15. The van der Waals surface area contributed by atoms with Gasteiger partial charge in [-0.05, 0) is 40.5 Å². The Morgan fingerprint density at radius 2 is 1.64 bits per heavy atom. The first-order valence-electron chi connectivity index (χ1n) is 14.5. The van der Waals surface area contributed by atoms with Crippen LogP contribution in [0.4, 0.5) is 15.4 Å². The number of carbonyl (C=O) groups excluding carboxylic acids is 2. The highest BCUT2D eigenvalue weighted by atomic mass is 31.2. The molecule has 0 bridgehead atoms. The van der Waals surface area contributed by atoms with E-state index in [4.69, 9.17) is 37.5 Å². The first kappa shape index (κ1) is 34.7. The van der Waals surface area contributed by atoms with Crippen LogP contribution in [0.25, 0.3) is 5.65 Å². The van der Waals surface area contributed by atoms with Gasteiger partial charge in [-0.1, -0.05) is 12.8 Å². The maximum absolute atomic E-state index is 13.3. The van der Waals surface area contributed by atoms with Crippen LogP contribution in [0.5, 0.6) is 0 Å². The van der Waals surface area contributed by atoms with Crippen LogP contribution in [0, 0.1) is 0 Å². The molecule has 1 aliphatic heterocycles. The lowest BCUT2D eigenvalue weighted by Crippen LogP contribution is -2.33. The molecule has 2 aromatic heterocycles. The third-order valence-electron chi connectivity index (χ3n) is 6.73. The molecule has 0 amide bonds. The van der Waals surface area contributed by atoms with Crippen LogP contribution in [0.15, 0.2) is 12.5 Å². The number of aromatic nitrogens is 4. The van der Waals surface area contributed by atoms with Gasteiger partial charge in [0.2, 0.25) is 13.6 Å². The van der Waals surface area contributed by atoms with Gasteiger partial charge in [0, 0.05) is 6.04 Å². The highest BCUT2D eigenvalue weighted by molar-refractivity contribution is 7.53. The fraction of sp³-hybridized carbons (Fsp3) is 0.731. The van der Waals surface area contributed by atoms with Crippen molar-refractivity contribution in [3.8, 4) is 0 Å². The molecule has 2 fully saturated rings. The summed E-state index contributed by atoms with van der Waals surface area (Å²) in [7, 11) is -4.23. The van der Waals surface area contributed by atoms with Crippen LogP contribution in [0.3, 0.4) is 0 Å². The Bertz CT molecular complexity index is 1290. The van der Waals surface area contributed by atoms with Crippen molar-refractivity contribution >= 4 is 31.4 Å².